The third kappa shape index (κ3) is 4.41. The average Bonchev–Trinajstić information content (AvgIpc) is 3.47. The molecule has 1 fully saturated rings. The van der Waals surface area contributed by atoms with Gasteiger partial charge in [-0.15, -0.1) is 0 Å². The van der Waals surface area contributed by atoms with Gasteiger partial charge in [0, 0.05) is 36.2 Å². The van der Waals surface area contributed by atoms with Crippen molar-refractivity contribution in [2.45, 2.75) is 39.3 Å². The Bertz CT molecular complexity index is 984. The summed E-state index contributed by atoms with van der Waals surface area (Å²) in [4.78, 5) is 24.6. The highest BCUT2D eigenvalue weighted by Gasteiger charge is 2.21. The first kappa shape index (κ1) is 20.2. The number of carbonyl (C=O) groups is 2. The number of aryl methyl sites for hydroxylation is 1. The fourth-order valence-corrected chi connectivity index (χ4v) is 3.80. The van der Waals surface area contributed by atoms with E-state index in [2.05, 4.69) is 4.57 Å². The maximum absolute atomic E-state index is 12.6. The van der Waals surface area contributed by atoms with Crippen LogP contribution in [0.4, 0.5) is 0 Å². The highest BCUT2D eigenvalue weighted by Crippen LogP contribution is 2.32. The van der Waals surface area contributed by atoms with Gasteiger partial charge in [-0.05, 0) is 56.5 Å². The van der Waals surface area contributed by atoms with Crippen molar-refractivity contribution in [2.75, 3.05) is 20.0 Å². The van der Waals surface area contributed by atoms with Crippen LogP contribution in [0.5, 0.6) is 11.5 Å². The van der Waals surface area contributed by atoms with Crippen LogP contribution in [0.1, 0.15) is 40.2 Å². The average molecular weight is 411 g/mol. The van der Waals surface area contributed by atoms with Gasteiger partial charge in [0.25, 0.3) is 0 Å². The lowest BCUT2D eigenvalue weighted by Crippen LogP contribution is -2.18. The lowest BCUT2D eigenvalue weighted by molar-refractivity contribution is -0.136. The predicted molar refractivity (Wildman–Crippen MR) is 110 cm³/mol. The maximum Gasteiger partial charge on any atom is 0.331 e. The van der Waals surface area contributed by atoms with Crippen molar-refractivity contribution in [3.05, 3.63) is 52.9 Å². The minimum atomic E-state index is -0.575. The highest BCUT2D eigenvalue weighted by molar-refractivity contribution is 6.00. The SMILES string of the molecule is Cc1cc(C(=O)COC(=O)C=Cc2ccc3c(c2)OCO3)c(C)n1CC1CCCO1. The predicted octanol–water partition coefficient (Wildman–Crippen LogP) is 3.45. The van der Waals surface area contributed by atoms with Gasteiger partial charge in [-0.2, -0.15) is 0 Å². The van der Waals surface area contributed by atoms with E-state index in [9.17, 15) is 9.59 Å². The number of fused-ring (bicyclic) bond motifs is 1. The number of hydrogen-bond donors (Lipinski definition) is 0. The van der Waals surface area contributed by atoms with Crippen molar-refractivity contribution < 1.29 is 28.5 Å². The third-order valence-electron chi connectivity index (χ3n) is 5.44. The van der Waals surface area contributed by atoms with Crippen LogP contribution in [0.15, 0.2) is 30.3 Å². The molecule has 158 valence electrons. The normalized spacial score (nSPS) is 17.6. The summed E-state index contributed by atoms with van der Waals surface area (Å²) < 4.78 is 23.5. The first-order chi connectivity index (χ1) is 14.5. The Morgan fingerprint density at radius 2 is 2.03 bits per heavy atom. The molecule has 0 N–H and O–H groups in total. The summed E-state index contributed by atoms with van der Waals surface area (Å²) in [5.74, 6) is 0.525. The third-order valence-corrected chi connectivity index (χ3v) is 5.44. The molecule has 0 radical (unpaired) electrons. The zero-order valence-electron chi connectivity index (χ0n) is 17.2. The van der Waals surface area contributed by atoms with Crippen molar-refractivity contribution in [1.29, 1.82) is 0 Å². The van der Waals surface area contributed by atoms with Crippen molar-refractivity contribution in [1.82, 2.24) is 4.57 Å². The highest BCUT2D eigenvalue weighted by atomic mass is 16.7. The lowest BCUT2D eigenvalue weighted by Gasteiger charge is -2.14. The molecule has 0 aliphatic carbocycles. The molecule has 1 unspecified atom stereocenters. The van der Waals surface area contributed by atoms with Crippen molar-refractivity contribution >= 4 is 17.8 Å². The second-order valence-corrected chi connectivity index (χ2v) is 7.51. The summed E-state index contributed by atoms with van der Waals surface area (Å²) in [5, 5.41) is 0. The van der Waals surface area contributed by atoms with Crippen LogP contribution in [0.2, 0.25) is 0 Å². The van der Waals surface area contributed by atoms with E-state index < -0.39 is 5.97 Å². The zero-order chi connectivity index (χ0) is 21.1. The number of esters is 1. The van der Waals surface area contributed by atoms with Crippen molar-refractivity contribution in [3.63, 3.8) is 0 Å². The van der Waals surface area contributed by atoms with E-state index in [0.29, 0.717) is 17.1 Å². The largest absolute Gasteiger partial charge is 0.454 e. The second-order valence-electron chi connectivity index (χ2n) is 7.51. The molecule has 4 rings (SSSR count). The van der Waals surface area contributed by atoms with Gasteiger partial charge in [0.1, 0.15) is 0 Å². The van der Waals surface area contributed by atoms with Gasteiger partial charge in [-0.1, -0.05) is 6.07 Å². The summed E-state index contributed by atoms with van der Waals surface area (Å²) in [6.07, 6.45) is 5.21. The van der Waals surface area contributed by atoms with E-state index in [1.165, 1.54) is 6.08 Å². The number of ketones is 1. The Balaban J connectivity index is 1.33. The van der Waals surface area contributed by atoms with Gasteiger partial charge in [0.15, 0.2) is 18.1 Å². The van der Waals surface area contributed by atoms with Gasteiger partial charge in [0.05, 0.1) is 6.10 Å². The molecule has 7 heteroatoms. The first-order valence-corrected chi connectivity index (χ1v) is 10.1. The molecule has 30 heavy (non-hydrogen) atoms. The standard InChI is InChI=1S/C23H25NO6/c1-15-10-19(16(2)24(15)12-18-4-3-9-27-18)20(25)13-28-23(26)8-6-17-5-7-21-22(11-17)30-14-29-21/h5-8,10-11,18H,3-4,9,12-14H2,1-2H3. The number of carbonyl (C=O) groups excluding carboxylic acids is 2. The summed E-state index contributed by atoms with van der Waals surface area (Å²) in [7, 11) is 0. The number of Topliss-reactive ketones (excluding diaryl/α,β-unsaturated/α-hetero) is 1. The molecule has 2 aliphatic heterocycles. The maximum atomic E-state index is 12.6. The molecule has 0 bridgehead atoms. The van der Waals surface area contributed by atoms with Gasteiger partial charge < -0.3 is 23.5 Å². The van der Waals surface area contributed by atoms with Crippen molar-refractivity contribution in [3.8, 4) is 11.5 Å². The molecule has 0 spiro atoms. The quantitative estimate of drug-likeness (QED) is 0.395. The molecule has 3 heterocycles. The van der Waals surface area contributed by atoms with Gasteiger partial charge in [-0.25, -0.2) is 4.79 Å². The first-order valence-electron chi connectivity index (χ1n) is 10.1. The smallest absolute Gasteiger partial charge is 0.331 e. The molecule has 2 aromatic rings. The molecular formula is C23H25NO6. The van der Waals surface area contributed by atoms with E-state index in [0.717, 1.165) is 42.9 Å². The topological polar surface area (TPSA) is 76.0 Å². The van der Waals surface area contributed by atoms with Crippen LogP contribution >= 0.6 is 0 Å². The van der Waals surface area contributed by atoms with Gasteiger partial charge in [0.2, 0.25) is 12.6 Å². The summed E-state index contributed by atoms with van der Waals surface area (Å²) in [5.41, 5.74) is 3.23. The molecule has 2 aliphatic rings. The molecule has 1 aromatic carbocycles. The monoisotopic (exact) mass is 411 g/mol. The minimum absolute atomic E-state index is 0.192. The van der Waals surface area contributed by atoms with E-state index in [1.807, 2.05) is 26.0 Å². The molecule has 1 saturated heterocycles. The van der Waals surface area contributed by atoms with Crippen LogP contribution in [-0.4, -0.2) is 42.4 Å². The van der Waals surface area contributed by atoms with E-state index >= 15 is 0 Å². The number of benzene rings is 1. The molecule has 7 nitrogen and oxygen atoms in total. The lowest BCUT2D eigenvalue weighted by atomic mass is 10.1. The van der Waals surface area contributed by atoms with Crippen LogP contribution < -0.4 is 9.47 Å². The fourth-order valence-electron chi connectivity index (χ4n) is 3.80. The summed E-state index contributed by atoms with van der Waals surface area (Å²) in [6, 6.07) is 7.22. The Kier molecular flexibility index (Phi) is 5.90. The second kappa shape index (κ2) is 8.75. The molecule has 0 amide bonds. The number of nitrogens with zero attached hydrogens (tertiary/aromatic N) is 1. The van der Waals surface area contributed by atoms with Crippen LogP contribution in [0.3, 0.4) is 0 Å². The van der Waals surface area contributed by atoms with Gasteiger partial charge >= 0.3 is 5.97 Å². The van der Waals surface area contributed by atoms with Gasteiger partial charge in [-0.3, -0.25) is 4.79 Å². The fraction of sp³-hybridized carbons (Fsp3) is 0.391. The summed E-state index contributed by atoms with van der Waals surface area (Å²) >= 11 is 0. The van der Waals surface area contributed by atoms with Crippen LogP contribution in [0.25, 0.3) is 6.08 Å². The van der Waals surface area contributed by atoms with Crippen LogP contribution in [-0.2, 0) is 20.8 Å². The van der Waals surface area contributed by atoms with E-state index in [4.69, 9.17) is 18.9 Å². The van der Waals surface area contributed by atoms with Crippen LogP contribution in [0, 0.1) is 13.8 Å². The number of rotatable bonds is 7. The Labute approximate surface area is 175 Å². The molecule has 1 atom stereocenters. The zero-order valence-corrected chi connectivity index (χ0v) is 17.2. The Hall–Kier alpha value is -3.06. The van der Waals surface area contributed by atoms with E-state index in [1.54, 1.807) is 18.2 Å². The Morgan fingerprint density at radius 1 is 1.20 bits per heavy atom. The minimum Gasteiger partial charge on any atom is -0.454 e. The summed E-state index contributed by atoms with van der Waals surface area (Å²) in [6.45, 7) is 5.32. The number of ether oxygens (including phenoxy) is 4. The number of hydrogen-bond acceptors (Lipinski definition) is 6. The van der Waals surface area contributed by atoms with E-state index in [-0.39, 0.29) is 25.3 Å². The van der Waals surface area contributed by atoms with Crippen molar-refractivity contribution in [2.24, 2.45) is 0 Å². The number of aromatic nitrogens is 1. The molecule has 0 saturated carbocycles. The molecular weight excluding hydrogens is 386 g/mol. The molecule has 1 aromatic heterocycles. The Morgan fingerprint density at radius 3 is 2.83 bits per heavy atom.